The van der Waals surface area contributed by atoms with E-state index in [1.54, 1.807) is 6.92 Å². The van der Waals surface area contributed by atoms with Crippen molar-refractivity contribution >= 4 is 11.9 Å². The van der Waals surface area contributed by atoms with Crippen molar-refractivity contribution in [3.8, 4) is 0 Å². The number of nitrogens with zero attached hydrogens (tertiary/aromatic N) is 1. The van der Waals surface area contributed by atoms with E-state index in [0.29, 0.717) is 6.42 Å². The highest BCUT2D eigenvalue weighted by molar-refractivity contribution is 5.85. The second-order valence-electron chi connectivity index (χ2n) is 5.67. The Morgan fingerprint density at radius 1 is 1.23 bits per heavy atom. The molecule has 0 aromatic heterocycles. The average Bonchev–Trinajstić information content (AvgIpc) is 2.46. The Balaban J connectivity index is 2.21. The molecule has 2 atom stereocenters. The van der Waals surface area contributed by atoms with Crippen molar-refractivity contribution in [2.45, 2.75) is 19.3 Å². The molecule has 4 nitrogen and oxygen atoms in total. The normalized spacial score (nSPS) is 22.5. The van der Waals surface area contributed by atoms with E-state index in [9.17, 15) is 22.8 Å². The summed E-state index contributed by atoms with van der Waals surface area (Å²) in [6.07, 6.45) is 0.348. The summed E-state index contributed by atoms with van der Waals surface area (Å²) < 4.78 is 41.3. The van der Waals surface area contributed by atoms with Crippen LogP contribution in [-0.2, 0) is 15.5 Å². The van der Waals surface area contributed by atoms with Crippen LogP contribution < -0.4 is 0 Å². The van der Waals surface area contributed by atoms with Crippen LogP contribution in [-0.4, -0.2) is 35.0 Å². The molecule has 1 aromatic carbocycles. The fourth-order valence-electron chi connectivity index (χ4n) is 2.68. The van der Waals surface area contributed by atoms with E-state index in [1.807, 2.05) is 0 Å². The molecule has 0 spiro atoms. The minimum Gasteiger partial charge on any atom is -0.481 e. The summed E-state index contributed by atoms with van der Waals surface area (Å²) in [6, 6.07) is 3.43. The molecule has 120 valence electrons. The maximum atomic E-state index is 14.3. The van der Waals surface area contributed by atoms with Gasteiger partial charge in [0.15, 0.2) is 0 Å². The summed E-state index contributed by atoms with van der Waals surface area (Å²) in [6.45, 7) is 1.56. The number of carbonyl (C=O) groups excluding carboxylic acids is 1. The fourth-order valence-corrected chi connectivity index (χ4v) is 2.68. The molecule has 1 aromatic rings. The first-order valence-electron chi connectivity index (χ1n) is 6.88. The molecule has 1 heterocycles. The predicted molar refractivity (Wildman–Crippen MR) is 71.8 cm³/mol. The summed E-state index contributed by atoms with van der Waals surface area (Å²) in [7, 11) is 0. The predicted octanol–water partition coefficient (Wildman–Crippen LogP) is 2.49. The standard InChI is InChI=1S/C15H16F3NO3/c1-9-6-10(13(20)21)8-19(7-9)14(22)15(17,18)11-2-4-12(16)5-3-11/h2-5,9-10H,6-8H2,1H3,(H,20,21). The van der Waals surface area contributed by atoms with Crippen LogP contribution >= 0.6 is 0 Å². The Morgan fingerprint density at radius 2 is 1.82 bits per heavy atom. The van der Waals surface area contributed by atoms with Crippen LogP contribution in [0.25, 0.3) is 0 Å². The van der Waals surface area contributed by atoms with Gasteiger partial charge < -0.3 is 10.0 Å². The molecule has 1 N–H and O–H groups in total. The van der Waals surface area contributed by atoms with Crippen LogP contribution in [0.2, 0.25) is 0 Å². The van der Waals surface area contributed by atoms with Crippen LogP contribution in [0.15, 0.2) is 24.3 Å². The average molecular weight is 315 g/mol. The molecule has 1 aliphatic rings. The number of rotatable bonds is 3. The minimum absolute atomic E-state index is 0.0827. The molecule has 1 saturated heterocycles. The van der Waals surface area contributed by atoms with Crippen LogP contribution in [0.1, 0.15) is 18.9 Å². The third kappa shape index (κ3) is 3.23. The largest absolute Gasteiger partial charge is 0.481 e. The van der Waals surface area contributed by atoms with Gasteiger partial charge in [-0.2, -0.15) is 8.78 Å². The number of alkyl halides is 2. The first-order chi connectivity index (χ1) is 10.2. The first-order valence-corrected chi connectivity index (χ1v) is 6.88. The Bertz CT molecular complexity index is 574. The summed E-state index contributed by atoms with van der Waals surface area (Å²) in [5.74, 6) is -8.07. The molecule has 0 aliphatic carbocycles. The van der Waals surface area contributed by atoms with Gasteiger partial charge in [-0.3, -0.25) is 9.59 Å². The van der Waals surface area contributed by atoms with Crippen LogP contribution in [0.3, 0.4) is 0 Å². The van der Waals surface area contributed by atoms with Gasteiger partial charge in [0.2, 0.25) is 0 Å². The number of hydrogen-bond donors (Lipinski definition) is 1. The van der Waals surface area contributed by atoms with E-state index < -0.39 is 35.1 Å². The van der Waals surface area contributed by atoms with Gasteiger partial charge in [-0.25, -0.2) is 4.39 Å². The van der Waals surface area contributed by atoms with Gasteiger partial charge in [0, 0.05) is 18.7 Å². The molecule has 0 radical (unpaired) electrons. The summed E-state index contributed by atoms with van der Waals surface area (Å²) >= 11 is 0. The maximum absolute atomic E-state index is 14.3. The molecule has 0 bridgehead atoms. The Kier molecular flexibility index (Phi) is 4.44. The number of piperidine rings is 1. The van der Waals surface area contributed by atoms with Gasteiger partial charge in [-0.15, -0.1) is 0 Å². The number of carboxylic acids is 1. The van der Waals surface area contributed by atoms with Crippen molar-refractivity contribution in [2.75, 3.05) is 13.1 Å². The number of carbonyl (C=O) groups is 2. The summed E-state index contributed by atoms with van der Waals surface area (Å²) in [5.41, 5.74) is -0.607. The number of halogens is 3. The lowest BCUT2D eigenvalue weighted by Gasteiger charge is -2.36. The van der Waals surface area contributed by atoms with E-state index >= 15 is 0 Å². The van der Waals surface area contributed by atoms with E-state index in [0.717, 1.165) is 29.2 Å². The van der Waals surface area contributed by atoms with Crippen molar-refractivity contribution in [2.24, 2.45) is 11.8 Å². The highest BCUT2D eigenvalue weighted by Gasteiger charge is 2.46. The molecule has 7 heteroatoms. The van der Waals surface area contributed by atoms with Crippen molar-refractivity contribution < 1.29 is 27.9 Å². The van der Waals surface area contributed by atoms with Crippen molar-refractivity contribution in [3.05, 3.63) is 35.6 Å². The summed E-state index contributed by atoms with van der Waals surface area (Å²) in [4.78, 5) is 24.1. The molecule has 0 saturated carbocycles. The highest BCUT2D eigenvalue weighted by atomic mass is 19.3. The van der Waals surface area contributed by atoms with E-state index in [2.05, 4.69) is 0 Å². The molecular weight excluding hydrogens is 299 g/mol. The van der Waals surface area contributed by atoms with Gasteiger partial charge in [-0.05, 0) is 36.6 Å². The number of aliphatic carboxylic acids is 1. The second-order valence-corrected chi connectivity index (χ2v) is 5.67. The van der Waals surface area contributed by atoms with Crippen molar-refractivity contribution in [3.63, 3.8) is 0 Å². The zero-order valence-corrected chi connectivity index (χ0v) is 11.9. The van der Waals surface area contributed by atoms with Gasteiger partial charge in [-0.1, -0.05) is 6.92 Å². The summed E-state index contributed by atoms with van der Waals surface area (Å²) in [5, 5.41) is 9.04. The van der Waals surface area contributed by atoms with Crippen LogP contribution in [0.5, 0.6) is 0 Å². The molecule has 2 rings (SSSR count). The Labute approximate surface area is 125 Å². The molecule has 2 unspecified atom stereocenters. The van der Waals surface area contributed by atoms with E-state index in [4.69, 9.17) is 5.11 Å². The first kappa shape index (κ1) is 16.3. The van der Waals surface area contributed by atoms with Gasteiger partial charge in [0.05, 0.1) is 5.92 Å². The van der Waals surface area contributed by atoms with Crippen LogP contribution in [0, 0.1) is 17.7 Å². The van der Waals surface area contributed by atoms with Crippen molar-refractivity contribution in [1.29, 1.82) is 0 Å². The lowest BCUT2D eigenvalue weighted by Crippen LogP contribution is -2.50. The number of carboxylic acid groups (broad SMARTS) is 1. The lowest BCUT2D eigenvalue weighted by molar-refractivity contribution is -0.164. The maximum Gasteiger partial charge on any atom is 0.349 e. The quantitative estimate of drug-likeness (QED) is 0.932. The Hall–Kier alpha value is -2.05. The zero-order valence-electron chi connectivity index (χ0n) is 11.9. The van der Waals surface area contributed by atoms with E-state index in [1.165, 1.54) is 0 Å². The van der Waals surface area contributed by atoms with E-state index in [-0.39, 0.29) is 19.0 Å². The molecule has 1 amide bonds. The third-order valence-electron chi connectivity index (χ3n) is 3.77. The van der Waals surface area contributed by atoms with Gasteiger partial charge in [0.25, 0.3) is 5.91 Å². The minimum atomic E-state index is -3.81. The number of hydrogen-bond acceptors (Lipinski definition) is 2. The SMILES string of the molecule is CC1CC(C(=O)O)CN(C(=O)C(F)(F)c2ccc(F)cc2)C1. The van der Waals surface area contributed by atoms with Crippen LogP contribution in [0.4, 0.5) is 13.2 Å². The Morgan fingerprint density at radius 3 is 2.36 bits per heavy atom. The second kappa shape index (κ2) is 5.98. The molecule has 1 fully saturated rings. The zero-order chi connectivity index (χ0) is 16.5. The third-order valence-corrected chi connectivity index (χ3v) is 3.77. The topological polar surface area (TPSA) is 57.6 Å². The fraction of sp³-hybridized carbons (Fsp3) is 0.467. The number of likely N-dealkylation sites (tertiary alicyclic amines) is 1. The monoisotopic (exact) mass is 315 g/mol. The van der Waals surface area contributed by atoms with Gasteiger partial charge in [0.1, 0.15) is 5.82 Å². The van der Waals surface area contributed by atoms with Crippen molar-refractivity contribution in [1.82, 2.24) is 4.90 Å². The smallest absolute Gasteiger partial charge is 0.349 e. The highest BCUT2D eigenvalue weighted by Crippen LogP contribution is 2.33. The molecule has 22 heavy (non-hydrogen) atoms. The number of amides is 1. The molecule has 1 aliphatic heterocycles. The lowest BCUT2D eigenvalue weighted by atomic mass is 9.90. The number of benzene rings is 1. The molecular formula is C15H16F3NO3. The van der Waals surface area contributed by atoms with Gasteiger partial charge >= 0.3 is 11.9 Å².